The molecule has 0 N–H and O–H groups in total. The van der Waals surface area contributed by atoms with Gasteiger partial charge in [0.25, 0.3) is 0 Å². The predicted octanol–water partition coefficient (Wildman–Crippen LogP) is 1.03. The fraction of sp³-hybridized carbons (Fsp3) is 0.294. The largest absolute Gasteiger partial charge is 2.00 e. The molecule has 0 aliphatic rings. The number of halogens is 1. The standard InChI is InChI=1S/C17H19O.BrH.Mg/c1-2-3-7-15-10-12-17(13-11-15)18-14-16-8-5-4-6-9-16;;/h5-6,8-13H,2-3,7,14H2,1H3;1H;/q-1;;+2/p-1. The Morgan fingerprint density at radius 3 is 2.20 bits per heavy atom. The van der Waals surface area contributed by atoms with Crippen molar-refractivity contribution in [2.24, 2.45) is 0 Å². The Hall–Kier alpha value is -0.514. The molecule has 0 heterocycles. The summed E-state index contributed by atoms with van der Waals surface area (Å²) >= 11 is 0. The van der Waals surface area contributed by atoms with Crippen LogP contribution in [-0.2, 0) is 13.0 Å². The molecule has 0 amide bonds. The van der Waals surface area contributed by atoms with Gasteiger partial charge in [-0.2, -0.15) is 30.3 Å². The van der Waals surface area contributed by atoms with Crippen LogP contribution in [0.5, 0.6) is 5.75 Å². The van der Waals surface area contributed by atoms with Crippen LogP contribution in [0.25, 0.3) is 0 Å². The van der Waals surface area contributed by atoms with Crippen molar-refractivity contribution in [3.63, 3.8) is 0 Å². The summed E-state index contributed by atoms with van der Waals surface area (Å²) in [6.07, 6.45) is 3.65. The molecule has 0 spiro atoms. The molecule has 102 valence electrons. The summed E-state index contributed by atoms with van der Waals surface area (Å²) in [6, 6.07) is 19.3. The summed E-state index contributed by atoms with van der Waals surface area (Å²) in [5.74, 6) is 0.933. The topological polar surface area (TPSA) is 9.23 Å². The number of rotatable bonds is 6. The summed E-state index contributed by atoms with van der Waals surface area (Å²) in [5, 5.41) is 0. The van der Waals surface area contributed by atoms with Crippen LogP contribution in [-0.4, -0.2) is 23.1 Å². The van der Waals surface area contributed by atoms with Crippen LogP contribution in [0.1, 0.15) is 30.9 Å². The second-order valence-electron chi connectivity index (χ2n) is 4.44. The Labute approximate surface area is 148 Å². The molecule has 0 aliphatic carbocycles. The predicted molar refractivity (Wildman–Crippen MR) is 80.4 cm³/mol. The summed E-state index contributed by atoms with van der Waals surface area (Å²) in [4.78, 5) is 0. The van der Waals surface area contributed by atoms with E-state index < -0.39 is 0 Å². The first-order valence-electron chi connectivity index (χ1n) is 6.55. The van der Waals surface area contributed by atoms with Gasteiger partial charge in [0.15, 0.2) is 0 Å². The Kier molecular flexibility index (Phi) is 10.9. The van der Waals surface area contributed by atoms with Gasteiger partial charge >= 0.3 is 23.1 Å². The first kappa shape index (κ1) is 19.5. The monoisotopic (exact) mass is 342 g/mol. The Morgan fingerprint density at radius 2 is 1.60 bits per heavy atom. The minimum absolute atomic E-state index is 0. The molecule has 2 aromatic carbocycles. The second-order valence-corrected chi connectivity index (χ2v) is 4.44. The van der Waals surface area contributed by atoms with E-state index in [1.54, 1.807) is 0 Å². The number of aryl methyl sites for hydroxylation is 1. The van der Waals surface area contributed by atoms with E-state index >= 15 is 0 Å². The maximum atomic E-state index is 5.74. The number of hydrogen-bond donors (Lipinski definition) is 0. The van der Waals surface area contributed by atoms with Crippen LogP contribution >= 0.6 is 0 Å². The van der Waals surface area contributed by atoms with Crippen molar-refractivity contribution in [2.45, 2.75) is 32.8 Å². The Morgan fingerprint density at radius 1 is 0.950 bits per heavy atom. The van der Waals surface area contributed by atoms with Gasteiger partial charge in [-0.15, -0.1) is 5.56 Å². The van der Waals surface area contributed by atoms with E-state index in [-0.39, 0.29) is 40.0 Å². The van der Waals surface area contributed by atoms with E-state index in [0.717, 1.165) is 12.2 Å². The van der Waals surface area contributed by atoms with Crippen molar-refractivity contribution < 1.29 is 21.7 Å². The number of hydrogen-bond acceptors (Lipinski definition) is 1. The molecule has 0 fully saturated rings. The van der Waals surface area contributed by atoms with Gasteiger partial charge in [0.2, 0.25) is 0 Å². The smallest absolute Gasteiger partial charge is 1.00 e. The van der Waals surface area contributed by atoms with Crippen LogP contribution in [0.15, 0.2) is 48.5 Å². The minimum atomic E-state index is 0. The molecule has 0 aromatic heterocycles. The first-order chi connectivity index (χ1) is 8.88. The molecular weight excluding hydrogens is 324 g/mol. The molecule has 3 heteroatoms. The fourth-order valence-corrected chi connectivity index (χ4v) is 1.82. The van der Waals surface area contributed by atoms with Gasteiger partial charge in [-0.1, -0.05) is 25.5 Å². The van der Waals surface area contributed by atoms with Crippen LogP contribution in [0.2, 0.25) is 0 Å². The van der Waals surface area contributed by atoms with Gasteiger partial charge < -0.3 is 21.7 Å². The molecular formula is C17H19BrMgO. The average Bonchev–Trinajstić information content (AvgIpc) is 2.45. The minimum Gasteiger partial charge on any atom is -1.00 e. The van der Waals surface area contributed by atoms with Crippen molar-refractivity contribution in [3.8, 4) is 5.75 Å². The van der Waals surface area contributed by atoms with Gasteiger partial charge in [-0.05, 0) is 30.5 Å². The van der Waals surface area contributed by atoms with Crippen LogP contribution < -0.4 is 21.7 Å². The molecule has 20 heavy (non-hydrogen) atoms. The third kappa shape index (κ3) is 6.77. The summed E-state index contributed by atoms with van der Waals surface area (Å²) in [7, 11) is 0. The Bertz CT molecular complexity index is 456. The van der Waals surface area contributed by atoms with Gasteiger partial charge in [0.05, 0.1) is 6.61 Å². The molecule has 0 saturated carbocycles. The van der Waals surface area contributed by atoms with E-state index in [2.05, 4.69) is 37.3 Å². The third-order valence-corrected chi connectivity index (χ3v) is 2.94. The number of ether oxygens (including phenoxy) is 1. The van der Waals surface area contributed by atoms with Crippen LogP contribution in [0, 0.1) is 6.07 Å². The van der Waals surface area contributed by atoms with E-state index in [1.807, 2.05) is 24.3 Å². The first-order valence-corrected chi connectivity index (χ1v) is 6.55. The molecule has 0 unspecified atom stereocenters. The SMILES string of the molecule is CCCCc1ccc(OCc2cc[c-]cc2)cc1.[Br-].[Mg+2]. The molecule has 1 nitrogen and oxygen atoms in total. The number of unbranched alkanes of at least 4 members (excludes halogenated alkanes) is 1. The second kappa shape index (κ2) is 11.2. The van der Waals surface area contributed by atoms with Crippen molar-refractivity contribution >= 4 is 23.1 Å². The Balaban J connectivity index is 0.00000180. The van der Waals surface area contributed by atoms with E-state index in [0.29, 0.717) is 6.61 Å². The number of benzene rings is 2. The molecule has 0 radical (unpaired) electrons. The molecule has 0 atom stereocenters. The molecule has 0 aliphatic heterocycles. The van der Waals surface area contributed by atoms with Crippen molar-refractivity contribution in [1.29, 1.82) is 0 Å². The zero-order chi connectivity index (χ0) is 12.6. The maximum Gasteiger partial charge on any atom is 2.00 e. The quantitative estimate of drug-likeness (QED) is 0.562. The fourth-order valence-electron chi connectivity index (χ4n) is 1.82. The van der Waals surface area contributed by atoms with Gasteiger partial charge in [0.1, 0.15) is 5.75 Å². The van der Waals surface area contributed by atoms with Crippen molar-refractivity contribution in [3.05, 3.63) is 65.7 Å². The van der Waals surface area contributed by atoms with Crippen LogP contribution in [0.3, 0.4) is 0 Å². The van der Waals surface area contributed by atoms with Gasteiger partial charge in [0, 0.05) is 0 Å². The van der Waals surface area contributed by atoms with Gasteiger partial charge in [-0.3, -0.25) is 0 Å². The zero-order valence-electron chi connectivity index (χ0n) is 11.9. The van der Waals surface area contributed by atoms with Crippen molar-refractivity contribution in [2.75, 3.05) is 0 Å². The molecule has 2 rings (SSSR count). The van der Waals surface area contributed by atoms with Crippen molar-refractivity contribution in [1.82, 2.24) is 0 Å². The zero-order valence-corrected chi connectivity index (χ0v) is 14.9. The molecule has 2 aromatic rings. The van der Waals surface area contributed by atoms with E-state index in [9.17, 15) is 0 Å². The van der Waals surface area contributed by atoms with Gasteiger partial charge in [-0.25, -0.2) is 0 Å². The van der Waals surface area contributed by atoms with E-state index in [1.165, 1.54) is 24.0 Å². The van der Waals surface area contributed by atoms with Crippen LogP contribution in [0.4, 0.5) is 0 Å². The summed E-state index contributed by atoms with van der Waals surface area (Å²) in [5.41, 5.74) is 2.56. The van der Waals surface area contributed by atoms with E-state index in [4.69, 9.17) is 4.74 Å². The summed E-state index contributed by atoms with van der Waals surface area (Å²) < 4.78 is 5.74. The average molecular weight is 344 g/mol. The summed E-state index contributed by atoms with van der Waals surface area (Å²) in [6.45, 7) is 2.83. The third-order valence-electron chi connectivity index (χ3n) is 2.94. The maximum absolute atomic E-state index is 5.74. The normalized spacial score (nSPS) is 9.25. The molecule has 0 bridgehead atoms. The molecule has 0 saturated heterocycles.